The van der Waals surface area contributed by atoms with Crippen molar-refractivity contribution in [3.05, 3.63) is 30.0 Å². The van der Waals surface area contributed by atoms with Gasteiger partial charge in [-0.05, 0) is 37.8 Å². The number of rotatable bonds is 3. The molecule has 2 atom stereocenters. The van der Waals surface area contributed by atoms with E-state index >= 15 is 0 Å². The van der Waals surface area contributed by atoms with E-state index in [2.05, 4.69) is 17.2 Å². The molecule has 2 unspecified atom stereocenters. The van der Waals surface area contributed by atoms with Crippen LogP contribution < -0.4 is 11.1 Å². The Labute approximate surface area is 126 Å². The van der Waals surface area contributed by atoms with Crippen molar-refractivity contribution in [2.75, 3.05) is 11.9 Å². The van der Waals surface area contributed by atoms with Crippen molar-refractivity contribution in [2.45, 2.75) is 45.1 Å². The van der Waals surface area contributed by atoms with Crippen LogP contribution in [0.25, 0.3) is 11.0 Å². The molecule has 1 saturated carbocycles. The lowest BCUT2D eigenvalue weighted by Gasteiger charge is -2.40. The molecular formula is C17H24N4. The zero-order valence-electron chi connectivity index (χ0n) is 12.9. The van der Waals surface area contributed by atoms with Crippen LogP contribution in [-0.4, -0.2) is 22.1 Å². The highest BCUT2D eigenvalue weighted by atomic mass is 15.1. The van der Waals surface area contributed by atoms with E-state index in [1.807, 2.05) is 31.2 Å². The number of hydrogen-bond donors (Lipinski definition) is 2. The number of aromatic nitrogens is 2. The number of para-hydroxylation sites is 2. The minimum absolute atomic E-state index is 0.0282. The number of aryl methyl sites for hydroxylation is 1. The van der Waals surface area contributed by atoms with Gasteiger partial charge in [0.05, 0.1) is 22.3 Å². The van der Waals surface area contributed by atoms with Crippen molar-refractivity contribution < 1.29 is 0 Å². The fraction of sp³-hybridized carbons (Fsp3) is 0.529. The molecule has 0 aliphatic heterocycles. The van der Waals surface area contributed by atoms with Crippen LogP contribution in [0.15, 0.2) is 24.3 Å². The van der Waals surface area contributed by atoms with Gasteiger partial charge in [0.25, 0.3) is 0 Å². The summed E-state index contributed by atoms with van der Waals surface area (Å²) < 4.78 is 0. The second-order valence-corrected chi connectivity index (χ2v) is 6.46. The summed E-state index contributed by atoms with van der Waals surface area (Å²) in [6.07, 6.45) is 4.75. The zero-order valence-corrected chi connectivity index (χ0v) is 12.9. The molecule has 1 heterocycles. The molecule has 21 heavy (non-hydrogen) atoms. The first-order valence-corrected chi connectivity index (χ1v) is 7.83. The molecule has 0 bridgehead atoms. The van der Waals surface area contributed by atoms with Crippen molar-refractivity contribution in [3.8, 4) is 0 Å². The lowest BCUT2D eigenvalue weighted by molar-refractivity contribution is 0.263. The van der Waals surface area contributed by atoms with Crippen molar-refractivity contribution in [2.24, 2.45) is 11.7 Å². The highest BCUT2D eigenvalue weighted by Crippen LogP contribution is 2.34. The molecule has 3 N–H and O–H groups in total. The number of nitrogens with zero attached hydrogens (tertiary/aromatic N) is 2. The third-order valence-electron chi connectivity index (χ3n) is 4.61. The van der Waals surface area contributed by atoms with E-state index < -0.39 is 0 Å². The molecule has 1 aliphatic carbocycles. The molecule has 0 spiro atoms. The van der Waals surface area contributed by atoms with Gasteiger partial charge in [-0.25, -0.2) is 9.97 Å². The number of nitrogens with one attached hydrogen (secondary N) is 1. The highest BCUT2D eigenvalue weighted by molar-refractivity contribution is 5.76. The van der Waals surface area contributed by atoms with Gasteiger partial charge in [0, 0.05) is 6.54 Å². The van der Waals surface area contributed by atoms with E-state index in [4.69, 9.17) is 10.7 Å². The molecule has 3 rings (SSSR count). The fourth-order valence-electron chi connectivity index (χ4n) is 3.47. The van der Waals surface area contributed by atoms with Crippen LogP contribution in [-0.2, 0) is 0 Å². The van der Waals surface area contributed by atoms with Gasteiger partial charge in [-0.1, -0.05) is 31.9 Å². The Morgan fingerprint density at radius 2 is 2.00 bits per heavy atom. The van der Waals surface area contributed by atoms with Crippen molar-refractivity contribution in [3.63, 3.8) is 0 Å². The molecule has 4 heteroatoms. The summed E-state index contributed by atoms with van der Waals surface area (Å²) in [5, 5.41) is 3.64. The Balaban J connectivity index is 1.94. The maximum Gasteiger partial charge on any atom is 0.148 e. The van der Waals surface area contributed by atoms with Crippen LogP contribution in [0.5, 0.6) is 0 Å². The van der Waals surface area contributed by atoms with Gasteiger partial charge >= 0.3 is 0 Å². The summed E-state index contributed by atoms with van der Waals surface area (Å²) in [7, 11) is 0. The Hall–Kier alpha value is -1.68. The maximum atomic E-state index is 6.10. The average molecular weight is 284 g/mol. The van der Waals surface area contributed by atoms with Crippen molar-refractivity contribution in [1.29, 1.82) is 0 Å². The predicted molar refractivity (Wildman–Crippen MR) is 87.3 cm³/mol. The van der Waals surface area contributed by atoms with E-state index in [0.717, 1.165) is 35.4 Å². The van der Waals surface area contributed by atoms with E-state index in [9.17, 15) is 0 Å². The topological polar surface area (TPSA) is 63.8 Å². The third kappa shape index (κ3) is 2.86. The summed E-state index contributed by atoms with van der Waals surface area (Å²) in [4.78, 5) is 9.42. The molecule has 1 aromatic heterocycles. The van der Waals surface area contributed by atoms with Gasteiger partial charge in [-0.2, -0.15) is 0 Å². The van der Waals surface area contributed by atoms with E-state index in [-0.39, 0.29) is 5.54 Å². The Morgan fingerprint density at radius 3 is 2.67 bits per heavy atom. The molecule has 0 radical (unpaired) electrons. The average Bonchev–Trinajstić information content (AvgIpc) is 2.48. The van der Waals surface area contributed by atoms with Gasteiger partial charge < -0.3 is 11.1 Å². The van der Waals surface area contributed by atoms with Crippen LogP contribution >= 0.6 is 0 Å². The number of fused-ring (bicyclic) bond motifs is 1. The summed E-state index contributed by atoms with van der Waals surface area (Å²) >= 11 is 0. The fourth-order valence-corrected chi connectivity index (χ4v) is 3.47. The quantitative estimate of drug-likeness (QED) is 0.908. The number of nitrogens with two attached hydrogens (primary N) is 1. The standard InChI is InChI=1S/C17H24N4/c1-12-6-5-9-17(10-12,11-18)21-16-13(2)19-14-7-3-4-8-15(14)20-16/h3-4,7-8,12H,5-6,9-11,18H2,1-2H3,(H,20,21). The highest BCUT2D eigenvalue weighted by Gasteiger charge is 2.34. The van der Waals surface area contributed by atoms with Crippen LogP contribution in [0.3, 0.4) is 0 Å². The SMILES string of the molecule is Cc1nc2ccccc2nc1NC1(CN)CCCC(C)C1. The van der Waals surface area contributed by atoms with Gasteiger partial charge in [0.15, 0.2) is 0 Å². The first-order valence-electron chi connectivity index (χ1n) is 7.83. The first-order chi connectivity index (χ1) is 10.1. The predicted octanol–water partition coefficient (Wildman–Crippen LogP) is 3.26. The molecular weight excluding hydrogens is 260 g/mol. The summed E-state index contributed by atoms with van der Waals surface area (Å²) in [5.74, 6) is 1.59. The summed E-state index contributed by atoms with van der Waals surface area (Å²) in [6.45, 7) is 4.97. The molecule has 1 fully saturated rings. The Bertz CT molecular complexity index is 640. The molecule has 4 nitrogen and oxygen atoms in total. The van der Waals surface area contributed by atoms with Crippen LogP contribution in [0.1, 0.15) is 38.3 Å². The van der Waals surface area contributed by atoms with Gasteiger partial charge in [-0.3, -0.25) is 0 Å². The molecule has 2 aromatic rings. The summed E-state index contributed by atoms with van der Waals surface area (Å²) in [6, 6.07) is 8.00. The van der Waals surface area contributed by atoms with Crippen LogP contribution in [0.4, 0.5) is 5.82 Å². The monoisotopic (exact) mass is 284 g/mol. The third-order valence-corrected chi connectivity index (χ3v) is 4.61. The first kappa shape index (κ1) is 14.3. The molecule has 1 aliphatic rings. The minimum atomic E-state index is -0.0282. The van der Waals surface area contributed by atoms with Gasteiger partial charge in [-0.15, -0.1) is 0 Å². The summed E-state index contributed by atoms with van der Waals surface area (Å²) in [5.41, 5.74) is 8.89. The molecule has 0 saturated heterocycles. The number of benzene rings is 1. The van der Waals surface area contributed by atoms with E-state index in [1.165, 1.54) is 12.8 Å². The van der Waals surface area contributed by atoms with Crippen LogP contribution in [0.2, 0.25) is 0 Å². The maximum absolute atomic E-state index is 6.10. The van der Waals surface area contributed by atoms with Crippen molar-refractivity contribution >= 4 is 16.9 Å². The number of hydrogen-bond acceptors (Lipinski definition) is 4. The lowest BCUT2D eigenvalue weighted by atomic mass is 9.76. The Kier molecular flexibility index (Phi) is 3.81. The smallest absolute Gasteiger partial charge is 0.148 e. The van der Waals surface area contributed by atoms with Crippen LogP contribution in [0, 0.1) is 12.8 Å². The van der Waals surface area contributed by atoms with E-state index in [1.54, 1.807) is 0 Å². The zero-order chi connectivity index (χ0) is 14.9. The molecule has 1 aromatic carbocycles. The second kappa shape index (κ2) is 5.60. The molecule has 0 amide bonds. The second-order valence-electron chi connectivity index (χ2n) is 6.46. The largest absolute Gasteiger partial charge is 0.362 e. The lowest BCUT2D eigenvalue weighted by Crippen LogP contribution is -2.49. The van der Waals surface area contributed by atoms with E-state index in [0.29, 0.717) is 12.5 Å². The normalized spacial score (nSPS) is 26.0. The molecule has 112 valence electrons. The number of anilines is 1. The van der Waals surface area contributed by atoms with Gasteiger partial charge in [0.2, 0.25) is 0 Å². The van der Waals surface area contributed by atoms with Crippen molar-refractivity contribution in [1.82, 2.24) is 9.97 Å². The Morgan fingerprint density at radius 1 is 1.29 bits per heavy atom. The minimum Gasteiger partial charge on any atom is -0.362 e. The van der Waals surface area contributed by atoms with Gasteiger partial charge in [0.1, 0.15) is 5.82 Å².